The second-order valence-electron chi connectivity index (χ2n) is 3.44. The van der Waals surface area contributed by atoms with Gasteiger partial charge in [0.05, 0.1) is 5.69 Å². The van der Waals surface area contributed by atoms with E-state index in [1.807, 2.05) is 6.07 Å². The molecule has 0 aliphatic heterocycles. The van der Waals surface area contributed by atoms with Crippen LogP contribution in [0, 0.1) is 0 Å². The summed E-state index contributed by atoms with van der Waals surface area (Å²) in [5, 5.41) is 11.5. The summed E-state index contributed by atoms with van der Waals surface area (Å²) in [5.74, 6) is 0.882. The van der Waals surface area contributed by atoms with Gasteiger partial charge in [0.25, 0.3) is 0 Å². The van der Waals surface area contributed by atoms with E-state index in [0.29, 0.717) is 0 Å². The van der Waals surface area contributed by atoms with Crippen molar-refractivity contribution < 1.29 is 0 Å². The number of aromatic nitrogens is 2. The average Bonchev–Trinajstić information content (AvgIpc) is 2.25. The molecule has 0 unspecified atom stereocenters. The molecular weight excluding hydrogens is 174 g/mol. The molecule has 0 spiro atoms. The van der Waals surface area contributed by atoms with Crippen molar-refractivity contribution in [1.29, 1.82) is 0 Å². The molecule has 3 nitrogen and oxygen atoms in total. The summed E-state index contributed by atoms with van der Waals surface area (Å²) in [6, 6.07) is 4.06. The molecule has 0 atom stereocenters. The third-order valence-electron chi connectivity index (χ3n) is 2.06. The quantitative estimate of drug-likeness (QED) is 0.754. The molecule has 1 aromatic rings. The van der Waals surface area contributed by atoms with Crippen molar-refractivity contribution in [3.8, 4) is 0 Å². The molecule has 0 aliphatic rings. The smallest absolute Gasteiger partial charge is 0.148 e. The van der Waals surface area contributed by atoms with Crippen LogP contribution in [0.1, 0.15) is 38.8 Å². The lowest BCUT2D eigenvalue weighted by Gasteiger charge is -2.03. The van der Waals surface area contributed by atoms with Gasteiger partial charge in [0, 0.05) is 6.54 Å². The Morgan fingerprint density at radius 3 is 2.57 bits per heavy atom. The first-order chi connectivity index (χ1) is 6.86. The van der Waals surface area contributed by atoms with Crippen LogP contribution in [0.5, 0.6) is 0 Å². The number of unbranched alkanes of at least 4 members (excludes halogenated alkanes) is 1. The molecule has 0 aliphatic carbocycles. The fourth-order valence-electron chi connectivity index (χ4n) is 1.20. The largest absolute Gasteiger partial charge is 0.369 e. The molecule has 0 amide bonds. The molecule has 14 heavy (non-hydrogen) atoms. The topological polar surface area (TPSA) is 37.8 Å². The van der Waals surface area contributed by atoms with Crippen molar-refractivity contribution in [2.45, 2.75) is 39.5 Å². The minimum atomic E-state index is 0.882. The highest BCUT2D eigenvalue weighted by Crippen LogP contribution is 2.04. The number of nitrogens with one attached hydrogen (secondary N) is 1. The summed E-state index contributed by atoms with van der Waals surface area (Å²) in [7, 11) is 0. The van der Waals surface area contributed by atoms with Crippen LogP contribution < -0.4 is 5.32 Å². The normalized spacial score (nSPS) is 10.1. The molecular formula is C11H19N3. The summed E-state index contributed by atoms with van der Waals surface area (Å²) in [5.41, 5.74) is 1.09. The number of hydrogen-bond donors (Lipinski definition) is 1. The number of aryl methyl sites for hydroxylation is 1. The van der Waals surface area contributed by atoms with E-state index in [1.54, 1.807) is 0 Å². The van der Waals surface area contributed by atoms with Gasteiger partial charge in [0.1, 0.15) is 5.82 Å². The zero-order valence-electron chi connectivity index (χ0n) is 9.08. The lowest BCUT2D eigenvalue weighted by Crippen LogP contribution is -2.03. The predicted molar refractivity (Wildman–Crippen MR) is 59.4 cm³/mol. The van der Waals surface area contributed by atoms with E-state index in [0.717, 1.165) is 30.9 Å². The zero-order chi connectivity index (χ0) is 10.2. The van der Waals surface area contributed by atoms with Crippen LogP contribution in [0.4, 0.5) is 5.82 Å². The summed E-state index contributed by atoms with van der Waals surface area (Å²) in [6.45, 7) is 5.28. The standard InChI is InChI=1S/C11H19N3/c1-3-5-6-10-7-8-11(14-13-10)12-9-4-2/h7-8H,3-6,9H2,1-2H3,(H,12,14). The molecule has 3 heteroatoms. The first-order valence-electron chi connectivity index (χ1n) is 5.43. The average molecular weight is 193 g/mol. The van der Waals surface area contributed by atoms with E-state index in [9.17, 15) is 0 Å². The second-order valence-corrected chi connectivity index (χ2v) is 3.44. The van der Waals surface area contributed by atoms with Gasteiger partial charge in [0.2, 0.25) is 0 Å². The number of anilines is 1. The highest BCUT2D eigenvalue weighted by molar-refractivity contribution is 5.32. The second kappa shape index (κ2) is 6.35. The molecule has 0 fully saturated rings. The van der Waals surface area contributed by atoms with Gasteiger partial charge in [-0.2, -0.15) is 5.10 Å². The minimum absolute atomic E-state index is 0.882. The Bertz CT molecular complexity index is 216. The van der Waals surface area contributed by atoms with Gasteiger partial charge >= 0.3 is 0 Å². The van der Waals surface area contributed by atoms with Crippen LogP contribution in [-0.4, -0.2) is 16.7 Å². The van der Waals surface area contributed by atoms with Gasteiger partial charge in [-0.15, -0.1) is 5.10 Å². The summed E-state index contributed by atoms with van der Waals surface area (Å²) < 4.78 is 0. The van der Waals surface area contributed by atoms with Crippen molar-refractivity contribution >= 4 is 5.82 Å². The number of hydrogen-bond acceptors (Lipinski definition) is 3. The Morgan fingerprint density at radius 1 is 1.14 bits per heavy atom. The SMILES string of the molecule is CCCCc1ccc(NCCC)nn1. The van der Waals surface area contributed by atoms with Gasteiger partial charge in [-0.3, -0.25) is 0 Å². The monoisotopic (exact) mass is 193 g/mol. The van der Waals surface area contributed by atoms with Gasteiger partial charge < -0.3 is 5.32 Å². The highest BCUT2D eigenvalue weighted by Gasteiger charge is 1.96. The summed E-state index contributed by atoms with van der Waals surface area (Å²) in [6.07, 6.45) is 4.55. The van der Waals surface area contributed by atoms with Gasteiger partial charge in [-0.05, 0) is 31.4 Å². The maximum Gasteiger partial charge on any atom is 0.148 e. The van der Waals surface area contributed by atoms with Crippen LogP contribution >= 0.6 is 0 Å². The Kier molecular flexibility index (Phi) is 4.97. The summed E-state index contributed by atoms with van der Waals surface area (Å²) >= 11 is 0. The highest BCUT2D eigenvalue weighted by atomic mass is 15.2. The first-order valence-corrected chi connectivity index (χ1v) is 5.43. The molecule has 78 valence electrons. The Morgan fingerprint density at radius 2 is 2.00 bits per heavy atom. The molecule has 0 saturated heterocycles. The molecule has 0 aromatic carbocycles. The van der Waals surface area contributed by atoms with Crippen LogP contribution in [0.2, 0.25) is 0 Å². The molecule has 1 aromatic heterocycles. The van der Waals surface area contributed by atoms with E-state index in [2.05, 4.69) is 35.4 Å². The molecule has 0 saturated carbocycles. The maximum absolute atomic E-state index is 4.16. The lowest BCUT2D eigenvalue weighted by molar-refractivity contribution is 0.759. The fraction of sp³-hybridized carbons (Fsp3) is 0.636. The Labute approximate surface area is 85.9 Å². The maximum atomic E-state index is 4.16. The van der Waals surface area contributed by atoms with Crippen molar-refractivity contribution in [3.05, 3.63) is 17.8 Å². The predicted octanol–water partition coefficient (Wildman–Crippen LogP) is 2.64. The number of nitrogens with zero attached hydrogens (tertiary/aromatic N) is 2. The minimum Gasteiger partial charge on any atom is -0.369 e. The fourth-order valence-corrected chi connectivity index (χ4v) is 1.20. The van der Waals surface area contributed by atoms with Crippen molar-refractivity contribution in [2.24, 2.45) is 0 Å². The van der Waals surface area contributed by atoms with Crippen LogP contribution in [0.25, 0.3) is 0 Å². The molecule has 1 N–H and O–H groups in total. The third-order valence-corrected chi connectivity index (χ3v) is 2.06. The van der Waals surface area contributed by atoms with Crippen LogP contribution in [-0.2, 0) is 6.42 Å². The van der Waals surface area contributed by atoms with E-state index in [1.165, 1.54) is 12.8 Å². The van der Waals surface area contributed by atoms with Crippen molar-refractivity contribution in [3.63, 3.8) is 0 Å². The Hall–Kier alpha value is -1.12. The van der Waals surface area contributed by atoms with E-state index in [4.69, 9.17) is 0 Å². The Balaban J connectivity index is 2.42. The van der Waals surface area contributed by atoms with Gasteiger partial charge in [-0.1, -0.05) is 20.3 Å². The van der Waals surface area contributed by atoms with E-state index >= 15 is 0 Å². The lowest BCUT2D eigenvalue weighted by atomic mass is 10.2. The van der Waals surface area contributed by atoms with E-state index < -0.39 is 0 Å². The van der Waals surface area contributed by atoms with E-state index in [-0.39, 0.29) is 0 Å². The summed E-state index contributed by atoms with van der Waals surface area (Å²) in [4.78, 5) is 0. The first kappa shape index (κ1) is 11.0. The number of rotatable bonds is 6. The van der Waals surface area contributed by atoms with Crippen molar-refractivity contribution in [2.75, 3.05) is 11.9 Å². The molecule has 0 radical (unpaired) electrons. The zero-order valence-corrected chi connectivity index (χ0v) is 9.08. The molecule has 1 rings (SSSR count). The molecule has 1 heterocycles. The van der Waals surface area contributed by atoms with Crippen molar-refractivity contribution in [1.82, 2.24) is 10.2 Å². The van der Waals surface area contributed by atoms with Gasteiger partial charge in [0.15, 0.2) is 0 Å². The molecule has 0 bridgehead atoms. The van der Waals surface area contributed by atoms with Crippen LogP contribution in [0.15, 0.2) is 12.1 Å². The van der Waals surface area contributed by atoms with Crippen LogP contribution in [0.3, 0.4) is 0 Å². The third kappa shape index (κ3) is 3.73. The van der Waals surface area contributed by atoms with Gasteiger partial charge in [-0.25, -0.2) is 0 Å².